The molecule has 2 heterocycles. The van der Waals surface area contributed by atoms with Gasteiger partial charge in [-0.25, -0.2) is 4.39 Å². The van der Waals surface area contributed by atoms with Crippen LogP contribution >= 0.6 is 11.3 Å². The van der Waals surface area contributed by atoms with Gasteiger partial charge in [0.1, 0.15) is 23.2 Å². The van der Waals surface area contributed by atoms with Gasteiger partial charge in [0.2, 0.25) is 11.4 Å². The fourth-order valence-corrected chi connectivity index (χ4v) is 4.24. The molecule has 1 aliphatic heterocycles. The van der Waals surface area contributed by atoms with Gasteiger partial charge in [-0.15, -0.1) is 10.2 Å². The van der Waals surface area contributed by atoms with Gasteiger partial charge in [-0.2, -0.15) is 0 Å². The first-order valence-corrected chi connectivity index (χ1v) is 11.7. The van der Waals surface area contributed by atoms with Gasteiger partial charge < -0.3 is 14.2 Å². The maximum Gasteiger partial charge on any atom is 0.263 e. The maximum absolute atomic E-state index is 14.2. The molecule has 7 nitrogen and oxygen atoms in total. The SMILES string of the molecule is CCCCN(C(=O)c1ccccc1F)c1nnc(-c2ccc(OC3COC(C)(C)O3)cc2)s1. The number of ether oxygens (including phenoxy) is 3. The van der Waals surface area contributed by atoms with Crippen LogP contribution < -0.4 is 9.64 Å². The van der Waals surface area contributed by atoms with E-state index < -0.39 is 23.8 Å². The summed E-state index contributed by atoms with van der Waals surface area (Å²) in [6, 6.07) is 13.4. The van der Waals surface area contributed by atoms with Crippen LogP contribution in [0.4, 0.5) is 9.52 Å². The van der Waals surface area contributed by atoms with Crippen LogP contribution in [0, 0.1) is 5.82 Å². The third-order valence-electron chi connectivity index (χ3n) is 5.08. The Bertz CT molecular complexity index is 1100. The zero-order chi connectivity index (χ0) is 23.4. The highest BCUT2D eigenvalue weighted by Gasteiger charge is 2.34. The molecule has 174 valence electrons. The predicted molar refractivity (Wildman–Crippen MR) is 124 cm³/mol. The van der Waals surface area contributed by atoms with Crippen LogP contribution in [0.5, 0.6) is 5.75 Å². The Hall–Kier alpha value is -2.88. The fraction of sp³-hybridized carbons (Fsp3) is 0.375. The third-order valence-corrected chi connectivity index (χ3v) is 6.08. The molecule has 0 saturated carbocycles. The molecule has 0 aliphatic carbocycles. The Balaban J connectivity index is 1.50. The van der Waals surface area contributed by atoms with E-state index in [0.717, 1.165) is 18.4 Å². The second-order valence-electron chi connectivity index (χ2n) is 8.08. The van der Waals surface area contributed by atoms with Crippen molar-refractivity contribution in [2.45, 2.75) is 45.7 Å². The lowest BCUT2D eigenvalue weighted by Crippen LogP contribution is -2.32. The highest BCUT2D eigenvalue weighted by Crippen LogP contribution is 2.32. The molecule has 1 fully saturated rings. The van der Waals surface area contributed by atoms with Crippen LogP contribution in [0.25, 0.3) is 10.6 Å². The number of halogens is 1. The molecular weight excluding hydrogens is 445 g/mol. The molecule has 1 aromatic heterocycles. The van der Waals surface area contributed by atoms with Gasteiger partial charge in [0.15, 0.2) is 5.79 Å². The summed E-state index contributed by atoms with van der Waals surface area (Å²) < 4.78 is 31.2. The number of anilines is 1. The van der Waals surface area contributed by atoms with Crippen LogP contribution in [0.3, 0.4) is 0 Å². The minimum Gasteiger partial charge on any atom is -0.462 e. The Morgan fingerprint density at radius 3 is 2.64 bits per heavy atom. The van der Waals surface area contributed by atoms with E-state index >= 15 is 0 Å². The van der Waals surface area contributed by atoms with Gasteiger partial charge in [-0.3, -0.25) is 9.69 Å². The summed E-state index contributed by atoms with van der Waals surface area (Å²) in [6.07, 6.45) is 1.20. The second-order valence-corrected chi connectivity index (χ2v) is 9.04. The van der Waals surface area contributed by atoms with Gasteiger partial charge in [0.25, 0.3) is 5.91 Å². The molecule has 0 bridgehead atoms. The predicted octanol–water partition coefficient (Wildman–Crippen LogP) is 5.28. The van der Waals surface area contributed by atoms with E-state index in [2.05, 4.69) is 10.2 Å². The van der Waals surface area contributed by atoms with Gasteiger partial charge in [0, 0.05) is 12.1 Å². The van der Waals surface area contributed by atoms with Crippen molar-refractivity contribution >= 4 is 22.4 Å². The number of carbonyl (C=O) groups is 1. The summed E-state index contributed by atoms with van der Waals surface area (Å²) in [5.74, 6) is -0.981. The lowest BCUT2D eigenvalue weighted by molar-refractivity contribution is -0.167. The molecule has 33 heavy (non-hydrogen) atoms. The van der Waals surface area contributed by atoms with Crippen molar-refractivity contribution in [2.24, 2.45) is 0 Å². The molecule has 1 aliphatic rings. The van der Waals surface area contributed by atoms with E-state index in [0.29, 0.717) is 29.0 Å². The molecule has 4 rings (SSSR count). The number of hydrogen-bond acceptors (Lipinski definition) is 7. The number of nitrogens with zero attached hydrogens (tertiary/aromatic N) is 3. The smallest absolute Gasteiger partial charge is 0.263 e. The number of hydrogen-bond donors (Lipinski definition) is 0. The second kappa shape index (κ2) is 9.94. The van der Waals surface area contributed by atoms with Crippen LogP contribution in [0.15, 0.2) is 48.5 Å². The highest BCUT2D eigenvalue weighted by molar-refractivity contribution is 7.18. The van der Waals surface area contributed by atoms with E-state index in [4.69, 9.17) is 14.2 Å². The van der Waals surface area contributed by atoms with Crippen molar-refractivity contribution < 1.29 is 23.4 Å². The molecule has 1 saturated heterocycles. The largest absolute Gasteiger partial charge is 0.462 e. The highest BCUT2D eigenvalue weighted by atomic mass is 32.1. The topological polar surface area (TPSA) is 73.8 Å². The summed E-state index contributed by atoms with van der Waals surface area (Å²) in [5.41, 5.74) is 0.858. The first-order valence-electron chi connectivity index (χ1n) is 10.8. The number of carbonyl (C=O) groups excluding carboxylic acids is 1. The Morgan fingerprint density at radius 2 is 1.97 bits per heavy atom. The van der Waals surface area contributed by atoms with Crippen LogP contribution in [0.2, 0.25) is 0 Å². The molecule has 0 spiro atoms. The summed E-state index contributed by atoms with van der Waals surface area (Å²) in [5, 5.41) is 9.58. The van der Waals surface area contributed by atoms with E-state index in [9.17, 15) is 9.18 Å². The zero-order valence-corrected chi connectivity index (χ0v) is 19.6. The quantitative estimate of drug-likeness (QED) is 0.445. The summed E-state index contributed by atoms with van der Waals surface area (Å²) in [7, 11) is 0. The molecule has 0 N–H and O–H groups in total. The molecule has 3 aromatic rings. The van der Waals surface area contributed by atoms with Crippen LogP contribution in [-0.4, -0.2) is 41.3 Å². The van der Waals surface area contributed by atoms with Gasteiger partial charge in [-0.1, -0.05) is 36.8 Å². The van der Waals surface area contributed by atoms with E-state index in [1.807, 2.05) is 45.0 Å². The van der Waals surface area contributed by atoms with Crippen molar-refractivity contribution in [1.29, 1.82) is 0 Å². The summed E-state index contributed by atoms with van der Waals surface area (Å²) in [4.78, 5) is 14.6. The molecule has 1 amide bonds. The van der Waals surface area contributed by atoms with E-state index in [1.165, 1.54) is 28.4 Å². The van der Waals surface area contributed by atoms with Crippen molar-refractivity contribution in [3.05, 3.63) is 59.9 Å². The lowest BCUT2D eigenvalue weighted by atomic mass is 10.2. The lowest BCUT2D eigenvalue weighted by Gasteiger charge is -2.19. The number of unbranched alkanes of at least 4 members (excludes halogenated alkanes) is 1. The molecule has 9 heteroatoms. The Morgan fingerprint density at radius 1 is 1.21 bits per heavy atom. The minimum atomic E-state index is -0.655. The van der Waals surface area contributed by atoms with Gasteiger partial charge in [-0.05, 0) is 56.7 Å². The third kappa shape index (κ3) is 5.55. The number of amides is 1. The first kappa shape index (κ1) is 23.3. The van der Waals surface area contributed by atoms with Crippen LogP contribution in [-0.2, 0) is 9.47 Å². The average molecular weight is 472 g/mol. The summed E-state index contributed by atoms with van der Waals surface area (Å²) in [6.45, 7) is 6.51. The van der Waals surface area contributed by atoms with Crippen molar-refractivity contribution in [1.82, 2.24) is 10.2 Å². The molecule has 0 radical (unpaired) electrons. The number of aromatic nitrogens is 2. The molecular formula is C24H26FN3O4S. The zero-order valence-electron chi connectivity index (χ0n) is 18.8. The summed E-state index contributed by atoms with van der Waals surface area (Å²) >= 11 is 1.29. The maximum atomic E-state index is 14.2. The first-order chi connectivity index (χ1) is 15.9. The van der Waals surface area contributed by atoms with Gasteiger partial charge >= 0.3 is 0 Å². The Kier molecular flexibility index (Phi) is 7.02. The van der Waals surface area contributed by atoms with Crippen molar-refractivity contribution in [3.8, 4) is 16.3 Å². The standard InChI is InChI=1S/C24H26FN3O4S/c1-4-5-14-28(22(29)18-8-6-7-9-19(18)25)23-27-26-21(33-23)16-10-12-17(13-11-16)31-20-15-30-24(2,3)32-20/h6-13,20H,4-5,14-15H2,1-3H3. The Labute approximate surface area is 196 Å². The molecule has 1 atom stereocenters. The molecule has 2 aromatic carbocycles. The van der Waals surface area contributed by atoms with E-state index in [-0.39, 0.29) is 5.56 Å². The number of rotatable bonds is 8. The van der Waals surface area contributed by atoms with Gasteiger partial charge in [0.05, 0.1) is 5.56 Å². The van der Waals surface area contributed by atoms with E-state index in [1.54, 1.807) is 12.1 Å². The minimum absolute atomic E-state index is 0.0214. The fourth-order valence-electron chi connectivity index (χ4n) is 3.36. The van der Waals surface area contributed by atoms with Crippen molar-refractivity contribution in [2.75, 3.05) is 18.1 Å². The monoisotopic (exact) mass is 471 g/mol. The average Bonchev–Trinajstić information content (AvgIpc) is 3.41. The number of benzene rings is 2. The van der Waals surface area contributed by atoms with Crippen LogP contribution in [0.1, 0.15) is 44.0 Å². The molecule has 1 unspecified atom stereocenters. The normalized spacial score (nSPS) is 17.2. The van der Waals surface area contributed by atoms with Crippen molar-refractivity contribution in [3.63, 3.8) is 0 Å².